The van der Waals surface area contributed by atoms with Crippen molar-refractivity contribution >= 4 is 17.7 Å². The zero-order valence-corrected chi connectivity index (χ0v) is 21.0. The molecule has 4 aliphatic rings. The number of oxazole rings is 1. The third kappa shape index (κ3) is 2.94. The lowest BCUT2D eigenvalue weighted by atomic mass is 9.37. The monoisotopic (exact) mass is 469 g/mol. The summed E-state index contributed by atoms with van der Waals surface area (Å²) in [6.07, 6.45) is 7.18. The number of fused-ring (bicyclic) bond motifs is 5. The number of cyclic esters (lactones) is 1. The van der Waals surface area contributed by atoms with Gasteiger partial charge in [0.1, 0.15) is 23.8 Å². The van der Waals surface area contributed by atoms with Gasteiger partial charge in [0.25, 0.3) is 0 Å². The van der Waals surface area contributed by atoms with Gasteiger partial charge in [-0.15, -0.1) is 0 Å². The van der Waals surface area contributed by atoms with E-state index in [1.807, 2.05) is 0 Å². The molecule has 5 rings (SSSR count). The molecule has 0 amide bonds. The molecule has 0 N–H and O–H groups in total. The molecule has 0 radical (unpaired) electrons. The fraction of sp³-hybridized carbons (Fsp3) is 0.704. The summed E-state index contributed by atoms with van der Waals surface area (Å²) >= 11 is 0. The highest BCUT2D eigenvalue weighted by Gasteiger charge is 2.69. The highest BCUT2D eigenvalue weighted by molar-refractivity contribution is 5.86. The van der Waals surface area contributed by atoms with Crippen molar-refractivity contribution in [1.29, 1.82) is 0 Å². The van der Waals surface area contributed by atoms with Crippen LogP contribution in [-0.2, 0) is 23.9 Å². The number of ketones is 1. The van der Waals surface area contributed by atoms with Crippen molar-refractivity contribution in [2.24, 2.45) is 33.5 Å². The lowest BCUT2D eigenvalue weighted by Gasteiger charge is -2.68. The van der Waals surface area contributed by atoms with E-state index in [4.69, 9.17) is 13.9 Å². The minimum Gasteiger partial charge on any atom is -0.462 e. The summed E-state index contributed by atoms with van der Waals surface area (Å²) in [5.41, 5.74) is -0.107. The number of esters is 2. The SMILES string of the molecule is CC(=O)O[C@@H]1CC2C(C)(C)C(=O)CC[C@]2(C)C2CC[C@]3(C)C(=CC(=O)O[C@H]3c3cocn3)[C@@]21C. The second-order valence-corrected chi connectivity index (χ2v) is 12.1. The standard InChI is InChI=1S/C27H35NO6/c1-15(29)33-21-11-18-24(2,3)20(30)8-10-25(18,4)17-7-9-26(5)19(27(17,21)6)12-22(31)34-23(26)16-13-32-14-28-16/h12-14,17-18,21,23H,7-11H2,1-6H3/t17?,18?,21-,23+,25-,26-,27-/m1/s1. The summed E-state index contributed by atoms with van der Waals surface area (Å²) in [6, 6.07) is 0. The quantitative estimate of drug-likeness (QED) is 0.564. The van der Waals surface area contributed by atoms with E-state index in [1.165, 1.54) is 19.6 Å². The number of Topliss-reactive ketones (excluding diaryl/α,β-unsaturated/α-hetero) is 1. The molecule has 0 aromatic carbocycles. The number of hydrogen-bond donors (Lipinski definition) is 0. The number of nitrogens with zero attached hydrogens (tertiary/aromatic N) is 1. The van der Waals surface area contributed by atoms with Gasteiger partial charge in [-0.2, -0.15) is 0 Å². The molecule has 2 unspecified atom stereocenters. The minimum atomic E-state index is -0.568. The largest absolute Gasteiger partial charge is 0.462 e. The summed E-state index contributed by atoms with van der Waals surface area (Å²) in [7, 11) is 0. The number of rotatable bonds is 2. The van der Waals surface area contributed by atoms with E-state index in [0.29, 0.717) is 18.5 Å². The predicted octanol–water partition coefficient (Wildman–Crippen LogP) is 4.97. The van der Waals surface area contributed by atoms with Gasteiger partial charge in [0, 0.05) is 35.7 Å². The maximum absolute atomic E-state index is 13.0. The first-order chi connectivity index (χ1) is 15.8. The van der Waals surface area contributed by atoms with E-state index in [9.17, 15) is 14.4 Å². The van der Waals surface area contributed by atoms with Crippen molar-refractivity contribution in [3.63, 3.8) is 0 Å². The van der Waals surface area contributed by atoms with Crippen LogP contribution in [0.25, 0.3) is 0 Å². The Balaban J connectivity index is 1.68. The van der Waals surface area contributed by atoms with Crippen molar-refractivity contribution < 1.29 is 28.3 Å². The Morgan fingerprint density at radius 1 is 1.12 bits per heavy atom. The molecular formula is C27H35NO6. The van der Waals surface area contributed by atoms with Crippen LogP contribution in [0.5, 0.6) is 0 Å². The average molecular weight is 470 g/mol. The van der Waals surface area contributed by atoms with E-state index >= 15 is 0 Å². The van der Waals surface area contributed by atoms with Gasteiger partial charge in [0.05, 0.1) is 0 Å². The summed E-state index contributed by atoms with van der Waals surface area (Å²) < 4.78 is 17.1. The van der Waals surface area contributed by atoms with Crippen LogP contribution < -0.4 is 0 Å². The van der Waals surface area contributed by atoms with Crippen molar-refractivity contribution in [3.05, 3.63) is 30.0 Å². The zero-order chi connectivity index (χ0) is 24.7. The molecule has 1 aromatic heterocycles. The van der Waals surface area contributed by atoms with Gasteiger partial charge in [-0.3, -0.25) is 9.59 Å². The van der Waals surface area contributed by atoms with Gasteiger partial charge in [0.2, 0.25) is 0 Å². The number of hydrogen-bond acceptors (Lipinski definition) is 7. The summed E-state index contributed by atoms with van der Waals surface area (Å²) in [5.74, 6) is -0.218. The minimum absolute atomic E-state index is 0.0931. The van der Waals surface area contributed by atoms with Gasteiger partial charge in [-0.25, -0.2) is 9.78 Å². The Hall–Kier alpha value is -2.44. The van der Waals surface area contributed by atoms with E-state index in [1.54, 1.807) is 6.08 Å². The van der Waals surface area contributed by atoms with E-state index in [0.717, 1.165) is 24.8 Å². The van der Waals surface area contributed by atoms with Crippen molar-refractivity contribution in [1.82, 2.24) is 4.98 Å². The Morgan fingerprint density at radius 3 is 2.50 bits per heavy atom. The first-order valence-corrected chi connectivity index (χ1v) is 12.4. The molecule has 3 saturated carbocycles. The third-order valence-corrected chi connectivity index (χ3v) is 10.2. The molecular weight excluding hydrogens is 434 g/mol. The van der Waals surface area contributed by atoms with Crippen LogP contribution in [-0.4, -0.2) is 28.8 Å². The topological polar surface area (TPSA) is 95.7 Å². The highest BCUT2D eigenvalue weighted by atomic mass is 16.6. The van der Waals surface area contributed by atoms with Crippen molar-refractivity contribution in [2.45, 2.75) is 85.9 Å². The van der Waals surface area contributed by atoms with Crippen molar-refractivity contribution in [2.75, 3.05) is 0 Å². The number of carbonyl (C=O) groups excluding carboxylic acids is 3. The van der Waals surface area contributed by atoms with Crippen LogP contribution in [0, 0.1) is 33.5 Å². The van der Waals surface area contributed by atoms with Crippen LogP contribution in [0.4, 0.5) is 0 Å². The maximum Gasteiger partial charge on any atom is 0.331 e. The number of carbonyl (C=O) groups is 3. The molecule has 34 heavy (non-hydrogen) atoms. The average Bonchev–Trinajstić information content (AvgIpc) is 3.28. The highest BCUT2D eigenvalue weighted by Crippen LogP contribution is 2.72. The molecule has 0 saturated heterocycles. The molecule has 0 spiro atoms. The normalized spacial score (nSPS) is 43.1. The third-order valence-electron chi connectivity index (χ3n) is 10.2. The number of ether oxygens (including phenoxy) is 2. The lowest BCUT2D eigenvalue weighted by molar-refractivity contribution is -0.210. The molecule has 3 aliphatic carbocycles. The first-order valence-electron chi connectivity index (χ1n) is 12.4. The molecule has 7 heteroatoms. The Labute approximate surface area is 200 Å². The zero-order valence-electron chi connectivity index (χ0n) is 21.0. The van der Waals surface area contributed by atoms with Crippen LogP contribution in [0.3, 0.4) is 0 Å². The van der Waals surface area contributed by atoms with E-state index in [2.05, 4.69) is 39.6 Å². The fourth-order valence-electron chi connectivity index (χ4n) is 8.53. The van der Waals surface area contributed by atoms with Gasteiger partial charge >= 0.3 is 11.9 Å². The molecule has 7 nitrogen and oxygen atoms in total. The van der Waals surface area contributed by atoms with E-state index in [-0.39, 0.29) is 29.0 Å². The molecule has 1 aliphatic heterocycles. The lowest BCUT2D eigenvalue weighted by Crippen LogP contribution is -2.66. The van der Waals surface area contributed by atoms with E-state index < -0.39 is 34.4 Å². The van der Waals surface area contributed by atoms with Gasteiger partial charge in [0.15, 0.2) is 12.5 Å². The summed E-state index contributed by atoms with van der Waals surface area (Å²) in [6.45, 7) is 12.1. The molecule has 184 valence electrons. The van der Waals surface area contributed by atoms with Crippen LogP contribution >= 0.6 is 0 Å². The second kappa shape index (κ2) is 7.28. The smallest absolute Gasteiger partial charge is 0.331 e. The molecule has 0 bridgehead atoms. The van der Waals surface area contributed by atoms with Gasteiger partial charge < -0.3 is 13.9 Å². The summed E-state index contributed by atoms with van der Waals surface area (Å²) in [4.78, 5) is 42.5. The Kier molecular flexibility index (Phi) is 4.99. The number of aromatic nitrogens is 1. The van der Waals surface area contributed by atoms with Gasteiger partial charge in [-0.1, -0.05) is 34.6 Å². The summed E-state index contributed by atoms with van der Waals surface area (Å²) in [5, 5.41) is 0. The Bertz CT molecular complexity index is 1070. The van der Waals surface area contributed by atoms with Crippen LogP contribution in [0.2, 0.25) is 0 Å². The molecule has 3 fully saturated rings. The first kappa shape index (κ1) is 23.3. The maximum atomic E-state index is 13.0. The van der Waals surface area contributed by atoms with Gasteiger partial charge in [-0.05, 0) is 48.5 Å². The molecule has 1 aromatic rings. The molecule has 2 heterocycles. The van der Waals surface area contributed by atoms with Crippen LogP contribution in [0.1, 0.15) is 85.4 Å². The second-order valence-electron chi connectivity index (χ2n) is 12.1. The Morgan fingerprint density at radius 2 is 1.85 bits per heavy atom. The molecule has 7 atom stereocenters. The predicted molar refractivity (Wildman–Crippen MR) is 122 cm³/mol. The van der Waals surface area contributed by atoms with Crippen LogP contribution in [0.15, 0.2) is 28.7 Å². The van der Waals surface area contributed by atoms with Crippen molar-refractivity contribution in [3.8, 4) is 0 Å². The fourth-order valence-corrected chi connectivity index (χ4v) is 8.53.